The largest absolute Gasteiger partial charge is 0.497 e. The molecule has 3 aromatic rings. The number of rotatable bonds is 5. The van der Waals surface area contributed by atoms with Crippen LogP contribution in [0.4, 0.5) is 5.69 Å². The van der Waals surface area contributed by atoms with Crippen molar-refractivity contribution in [3.05, 3.63) is 82.7 Å². The summed E-state index contributed by atoms with van der Waals surface area (Å²) in [6, 6.07) is 19.1. The van der Waals surface area contributed by atoms with Crippen molar-refractivity contribution in [2.45, 2.75) is 20.8 Å². The van der Waals surface area contributed by atoms with E-state index >= 15 is 0 Å². The number of anilines is 1. The minimum absolute atomic E-state index is 0.0471. The van der Waals surface area contributed by atoms with E-state index in [1.165, 1.54) is 0 Å². The minimum atomic E-state index is -0.446. The number of nitriles is 1. The summed E-state index contributed by atoms with van der Waals surface area (Å²) >= 11 is 0. The summed E-state index contributed by atoms with van der Waals surface area (Å²) in [6.07, 6.45) is 1.63. The van der Waals surface area contributed by atoms with E-state index in [4.69, 9.17) is 4.74 Å². The van der Waals surface area contributed by atoms with Gasteiger partial charge in [0.1, 0.15) is 17.4 Å². The zero-order valence-electron chi connectivity index (χ0n) is 17.0. The number of nitrogens with one attached hydrogen (secondary N) is 1. The molecule has 146 valence electrons. The van der Waals surface area contributed by atoms with E-state index < -0.39 is 5.91 Å². The molecule has 0 bridgehead atoms. The van der Waals surface area contributed by atoms with Gasteiger partial charge in [0.15, 0.2) is 0 Å². The normalized spacial score (nSPS) is 11.1. The Morgan fingerprint density at radius 1 is 1.10 bits per heavy atom. The van der Waals surface area contributed by atoms with Gasteiger partial charge in [0.05, 0.1) is 7.11 Å². The van der Waals surface area contributed by atoms with E-state index in [0.717, 1.165) is 28.2 Å². The van der Waals surface area contributed by atoms with Crippen LogP contribution < -0.4 is 10.1 Å². The van der Waals surface area contributed by atoms with Gasteiger partial charge in [-0.3, -0.25) is 4.79 Å². The molecule has 0 aliphatic heterocycles. The number of para-hydroxylation sites is 1. The van der Waals surface area contributed by atoms with Gasteiger partial charge in [0.2, 0.25) is 0 Å². The Morgan fingerprint density at radius 2 is 1.79 bits per heavy atom. The number of benzene rings is 2. The third-order valence-electron chi connectivity index (χ3n) is 4.84. The second-order valence-corrected chi connectivity index (χ2v) is 6.80. The van der Waals surface area contributed by atoms with Crippen LogP contribution in [0, 0.1) is 32.1 Å². The number of amides is 1. The van der Waals surface area contributed by atoms with Gasteiger partial charge in [-0.2, -0.15) is 5.26 Å². The topological polar surface area (TPSA) is 67.0 Å². The van der Waals surface area contributed by atoms with Crippen LogP contribution in [0.5, 0.6) is 5.75 Å². The van der Waals surface area contributed by atoms with Crippen LogP contribution >= 0.6 is 0 Å². The van der Waals surface area contributed by atoms with Crippen LogP contribution in [-0.2, 0) is 4.79 Å². The first-order valence-corrected chi connectivity index (χ1v) is 9.26. The second-order valence-electron chi connectivity index (χ2n) is 6.80. The van der Waals surface area contributed by atoms with E-state index in [9.17, 15) is 10.1 Å². The highest BCUT2D eigenvalue weighted by Crippen LogP contribution is 2.25. The molecular weight excluding hydrogens is 362 g/mol. The molecule has 1 heterocycles. The summed E-state index contributed by atoms with van der Waals surface area (Å²) in [4.78, 5) is 12.6. The van der Waals surface area contributed by atoms with Crippen LogP contribution in [0.25, 0.3) is 11.8 Å². The molecule has 0 fully saturated rings. The standard InChI is InChI=1S/C24H23N3O2/c1-16-7-5-6-8-23(16)27-17(2)13-19(18(27)3)14-20(15-25)24(28)26-21-9-11-22(29-4)12-10-21/h5-14H,1-4H3,(H,26,28)/b20-14-. The van der Waals surface area contributed by atoms with Crippen molar-refractivity contribution in [1.29, 1.82) is 5.26 Å². The quantitative estimate of drug-likeness (QED) is 0.499. The molecule has 5 nitrogen and oxygen atoms in total. The molecular formula is C24H23N3O2. The van der Waals surface area contributed by atoms with Crippen LogP contribution in [0.15, 0.2) is 60.2 Å². The summed E-state index contributed by atoms with van der Waals surface area (Å²) in [5.74, 6) is 0.251. The SMILES string of the molecule is COc1ccc(NC(=O)/C(C#N)=C\c2cc(C)n(-c3ccccc3C)c2C)cc1. The fourth-order valence-corrected chi connectivity index (χ4v) is 3.30. The molecule has 0 spiro atoms. The van der Waals surface area contributed by atoms with Gasteiger partial charge >= 0.3 is 0 Å². The number of aromatic nitrogens is 1. The molecule has 1 amide bonds. The summed E-state index contributed by atoms with van der Waals surface area (Å²) in [5, 5.41) is 12.3. The molecule has 2 aromatic carbocycles. The first-order chi connectivity index (χ1) is 13.9. The van der Waals surface area contributed by atoms with Gasteiger partial charge in [-0.15, -0.1) is 0 Å². The van der Waals surface area contributed by atoms with Crippen molar-refractivity contribution in [3.8, 4) is 17.5 Å². The Labute approximate surface area is 170 Å². The van der Waals surface area contributed by atoms with E-state index in [1.807, 2.05) is 38.1 Å². The lowest BCUT2D eigenvalue weighted by molar-refractivity contribution is -0.112. The van der Waals surface area contributed by atoms with Crippen molar-refractivity contribution in [3.63, 3.8) is 0 Å². The summed E-state index contributed by atoms with van der Waals surface area (Å²) in [5.41, 5.74) is 5.74. The Balaban J connectivity index is 1.91. The molecule has 0 aliphatic carbocycles. The highest BCUT2D eigenvalue weighted by Gasteiger charge is 2.14. The third kappa shape index (κ3) is 4.22. The Hall–Kier alpha value is -3.78. The molecule has 0 unspecified atom stereocenters. The molecule has 0 saturated carbocycles. The van der Waals surface area contributed by atoms with Gasteiger partial charge in [0, 0.05) is 22.8 Å². The molecule has 29 heavy (non-hydrogen) atoms. The van der Waals surface area contributed by atoms with Crippen molar-refractivity contribution in [2.75, 3.05) is 12.4 Å². The number of carbonyl (C=O) groups excluding carboxylic acids is 1. The molecule has 0 aliphatic rings. The first kappa shape index (κ1) is 20.0. The molecule has 0 saturated heterocycles. The van der Waals surface area contributed by atoms with Gasteiger partial charge in [0.25, 0.3) is 5.91 Å². The highest BCUT2D eigenvalue weighted by atomic mass is 16.5. The van der Waals surface area contributed by atoms with E-state index in [1.54, 1.807) is 37.5 Å². The molecule has 1 aromatic heterocycles. The maximum atomic E-state index is 12.6. The third-order valence-corrected chi connectivity index (χ3v) is 4.84. The predicted octanol–water partition coefficient (Wildman–Crippen LogP) is 4.96. The number of nitrogens with zero attached hydrogens (tertiary/aromatic N) is 2. The number of ether oxygens (including phenoxy) is 1. The van der Waals surface area contributed by atoms with Crippen LogP contribution in [-0.4, -0.2) is 17.6 Å². The van der Waals surface area contributed by atoms with E-state index in [2.05, 4.69) is 28.9 Å². The smallest absolute Gasteiger partial charge is 0.266 e. The number of hydrogen-bond donors (Lipinski definition) is 1. The Morgan fingerprint density at radius 3 is 2.41 bits per heavy atom. The number of methoxy groups -OCH3 is 1. The van der Waals surface area contributed by atoms with Gasteiger partial charge < -0.3 is 14.6 Å². The average Bonchev–Trinajstić information content (AvgIpc) is 3.00. The maximum Gasteiger partial charge on any atom is 0.266 e. The molecule has 0 atom stereocenters. The van der Waals surface area contributed by atoms with Crippen molar-refractivity contribution < 1.29 is 9.53 Å². The van der Waals surface area contributed by atoms with Crippen molar-refractivity contribution >= 4 is 17.7 Å². The minimum Gasteiger partial charge on any atom is -0.497 e. The van der Waals surface area contributed by atoms with E-state index in [-0.39, 0.29) is 5.57 Å². The van der Waals surface area contributed by atoms with Crippen LogP contribution in [0.1, 0.15) is 22.5 Å². The first-order valence-electron chi connectivity index (χ1n) is 9.26. The number of carbonyl (C=O) groups is 1. The predicted molar refractivity (Wildman–Crippen MR) is 115 cm³/mol. The van der Waals surface area contributed by atoms with Crippen LogP contribution in [0.2, 0.25) is 0 Å². The van der Waals surface area contributed by atoms with Crippen molar-refractivity contribution in [2.24, 2.45) is 0 Å². The lowest BCUT2D eigenvalue weighted by atomic mass is 10.1. The zero-order chi connectivity index (χ0) is 21.0. The lowest BCUT2D eigenvalue weighted by Crippen LogP contribution is -2.13. The number of hydrogen-bond acceptors (Lipinski definition) is 3. The summed E-state index contributed by atoms with van der Waals surface area (Å²) < 4.78 is 7.25. The lowest BCUT2D eigenvalue weighted by Gasteiger charge is -2.12. The second kappa shape index (κ2) is 8.49. The van der Waals surface area contributed by atoms with Gasteiger partial charge in [-0.05, 0) is 74.4 Å². The fourth-order valence-electron chi connectivity index (χ4n) is 3.30. The van der Waals surface area contributed by atoms with Gasteiger partial charge in [-0.1, -0.05) is 18.2 Å². The fraction of sp³-hybridized carbons (Fsp3) is 0.167. The molecule has 3 rings (SSSR count). The Kier molecular flexibility index (Phi) is 5.85. The zero-order valence-corrected chi connectivity index (χ0v) is 17.0. The maximum absolute atomic E-state index is 12.6. The van der Waals surface area contributed by atoms with E-state index in [0.29, 0.717) is 11.4 Å². The summed E-state index contributed by atoms with van der Waals surface area (Å²) in [6.45, 7) is 6.06. The van der Waals surface area contributed by atoms with Crippen LogP contribution in [0.3, 0.4) is 0 Å². The number of aryl methyl sites for hydroxylation is 2. The monoisotopic (exact) mass is 385 g/mol. The Bertz CT molecular complexity index is 1120. The molecule has 0 radical (unpaired) electrons. The van der Waals surface area contributed by atoms with Crippen molar-refractivity contribution in [1.82, 2.24) is 4.57 Å². The average molecular weight is 385 g/mol. The summed E-state index contributed by atoms with van der Waals surface area (Å²) in [7, 11) is 1.58. The van der Waals surface area contributed by atoms with Gasteiger partial charge in [-0.25, -0.2) is 0 Å². The highest BCUT2D eigenvalue weighted by molar-refractivity contribution is 6.09. The molecule has 1 N–H and O–H groups in total. The molecule has 5 heteroatoms.